The standard InChI is InChI=1S/C19H22N2/c1-14-8-9-19-18(12-14)17(15(2)21-19)10-11-20-13-16-6-4-3-5-7-16/h3-9,12,20-21H,10-11,13H2,1-2H3. The van der Waals surface area contributed by atoms with E-state index in [1.165, 1.54) is 33.3 Å². The fourth-order valence-electron chi connectivity index (χ4n) is 2.86. The molecule has 3 rings (SSSR count). The van der Waals surface area contributed by atoms with Gasteiger partial charge in [0.15, 0.2) is 0 Å². The Morgan fingerprint density at radius 2 is 1.81 bits per heavy atom. The second-order valence-corrected chi connectivity index (χ2v) is 5.69. The van der Waals surface area contributed by atoms with E-state index in [0.717, 1.165) is 19.5 Å². The fourth-order valence-corrected chi connectivity index (χ4v) is 2.86. The third-order valence-electron chi connectivity index (χ3n) is 4.00. The Labute approximate surface area is 126 Å². The van der Waals surface area contributed by atoms with Gasteiger partial charge in [0.25, 0.3) is 0 Å². The number of aryl methyl sites for hydroxylation is 2. The van der Waals surface area contributed by atoms with Crippen molar-refractivity contribution in [3.05, 3.63) is 70.9 Å². The molecule has 108 valence electrons. The highest BCUT2D eigenvalue weighted by molar-refractivity contribution is 5.85. The van der Waals surface area contributed by atoms with Crippen molar-refractivity contribution in [2.75, 3.05) is 6.54 Å². The fraction of sp³-hybridized carbons (Fsp3) is 0.263. The summed E-state index contributed by atoms with van der Waals surface area (Å²) in [6.07, 6.45) is 1.06. The highest BCUT2D eigenvalue weighted by Crippen LogP contribution is 2.23. The molecule has 0 atom stereocenters. The summed E-state index contributed by atoms with van der Waals surface area (Å²) in [6, 6.07) is 17.2. The average molecular weight is 278 g/mol. The number of hydrogen-bond acceptors (Lipinski definition) is 1. The van der Waals surface area contributed by atoms with Gasteiger partial charge in [-0.1, -0.05) is 42.0 Å². The molecule has 2 heteroatoms. The molecule has 0 saturated heterocycles. The van der Waals surface area contributed by atoms with Crippen LogP contribution >= 0.6 is 0 Å². The number of hydrogen-bond donors (Lipinski definition) is 2. The first-order valence-corrected chi connectivity index (χ1v) is 7.56. The first-order chi connectivity index (χ1) is 10.2. The van der Waals surface area contributed by atoms with Crippen LogP contribution in [-0.4, -0.2) is 11.5 Å². The Hall–Kier alpha value is -2.06. The van der Waals surface area contributed by atoms with Crippen molar-refractivity contribution in [2.45, 2.75) is 26.8 Å². The van der Waals surface area contributed by atoms with Crippen molar-refractivity contribution < 1.29 is 0 Å². The summed E-state index contributed by atoms with van der Waals surface area (Å²) in [5.74, 6) is 0. The predicted octanol–water partition coefficient (Wildman–Crippen LogP) is 4.12. The molecule has 21 heavy (non-hydrogen) atoms. The third-order valence-corrected chi connectivity index (χ3v) is 4.00. The zero-order valence-electron chi connectivity index (χ0n) is 12.7. The SMILES string of the molecule is Cc1ccc2[nH]c(C)c(CCNCc3ccccc3)c2c1. The van der Waals surface area contributed by atoms with Crippen LogP contribution < -0.4 is 5.32 Å². The van der Waals surface area contributed by atoms with Crippen LogP contribution in [0.4, 0.5) is 0 Å². The summed E-state index contributed by atoms with van der Waals surface area (Å²) in [5, 5.41) is 4.90. The summed E-state index contributed by atoms with van der Waals surface area (Å²) in [7, 11) is 0. The van der Waals surface area contributed by atoms with Gasteiger partial charge in [-0.25, -0.2) is 0 Å². The van der Waals surface area contributed by atoms with Crippen LogP contribution in [0.5, 0.6) is 0 Å². The molecular weight excluding hydrogens is 256 g/mol. The van der Waals surface area contributed by atoms with Crippen molar-refractivity contribution in [1.29, 1.82) is 0 Å². The summed E-state index contributed by atoms with van der Waals surface area (Å²) in [4.78, 5) is 3.49. The molecule has 1 aromatic heterocycles. The summed E-state index contributed by atoms with van der Waals surface area (Å²) in [6.45, 7) is 6.25. The molecule has 2 N–H and O–H groups in total. The molecule has 0 aliphatic heterocycles. The highest BCUT2D eigenvalue weighted by atomic mass is 14.8. The molecule has 0 aliphatic rings. The van der Waals surface area contributed by atoms with Crippen molar-refractivity contribution in [3.63, 3.8) is 0 Å². The molecule has 0 aliphatic carbocycles. The van der Waals surface area contributed by atoms with Gasteiger partial charge in [0.1, 0.15) is 0 Å². The number of nitrogens with one attached hydrogen (secondary N) is 2. The van der Waals surface area contributed by atoms with Crippen molar-refractivity contribution >= 4 is 10.9 Å². The van der Waals surface area contributed by atoms with E-state index in [9.17, 15) is 0 Å². The largest absolute Gasteiger partial charge is 0.358 e. The summed E-state index contributed by atoms with van der Waals surface area (Å²) in [5.41, 5.74) is 6.63. The summed E-state index contributed by atoms with van der Waals surface area (Å²) >= 11 is 0. The smallest absolute Gasteiger partial charge is 0.0459 e. The maximum atomic E-state index is 3.53. The van der Waals surface area contributed by atoms with E-state index in [1.54, 1.807) is 0 Å². The third kappa shape index (κ3) is 3.17. The molecule has 0 unspecified atom stereocenters. The van der Waals surface area contributed by atoms with Crippen LogP contribution in [-0.2, 0) is 13.0 Å². The van der Waals surface area contributed by atoms with Gasteiger partial charge in [-0.15, -0.1) is 0 Å². The molecule has 2 nitrogen and oxygen atoms in total. The first kappa shape index (κ1) is 13.9. The predicted molar refractivity (Wildman–Crippen MR) is 89.6 cm³/mol. The Balaban J connectivity index is 1.65. The van der Waals surface area contributed by atoms with Crippen LogP contribution in [0.25, 0.3) is 10.9 Å². The maximum Gasteiger partial charge on any atom is 0.0459 e. The number of aromatic nitrogens is 1. The van der Waals surface area contributed by atoms with Gasteiger partial charge in [-0.3, -0.25) is 0 Å². The van der Waals surface area contributed by atoms with E-state index < -0.39 is 0 Å². The normalized spacial score (nSPS) is 11.1. The molecule has 0 saturated carbocycles. The Bertz CT molecular complexity index is 726. The topological polar surface area (TPSA) is 27.8 Å². The van der Waals surface area contributed by atoms with E-state index in [1.807, 2.05) is 0 Å². The van der Waals surface area contributed by atoms with Gasteiger partial charge >= 0.3 is 0 Å². The minimum Gasteiger partial charge on any atom is -0.358 e. The number of rotatable bonds is 5. The molecule has 0 amide bonds. The van der Waals surface area contributed by atoms with E-state index >= 15 is 0 Å². The van der Waals surface area contributed by atoms with Crippen molar-refractivity contribution in [1.82, 2.24) is 10.3 Å². The number of benzene rings is 2. The Kier molecular flexibility index (Phi) is 4.07. The lowest BCUT2D eigenvalue weighted by Crippen LogP contribution is -2.16. The quantitative estimate of drug-likeness (QED) is 0.675. The van der Waals surface area contributed by atoms with Crippen LogP contribution in [0.2, 0.25) is 0 Å². The Morgan fingerprint density at radius 1 is 1.00 bits per heavy atom. The average Bonchev–Trinajstić information content (AvgIpc) is 2.80. The minimum atomic E-state index is 0.932. The van der Waals surface area contributed by atoms with E-state index in [-0.39, 0.29) is 0 Å². The number of aromatic amines is 1. The van der Waals surface area contributed by atoms with Gasteiger partial charge in [0.05, 0.1) is 0 Å². The van der Waals surface area contributed by atoms with Gasteiger partial charge in [0.2, 0.25) is 0 Å². The second-order valence-electron chi connectivity index (χ2n) is 5.69. The van der Waals surface area contributed by atoms with E-state index in [0.29, 0.717) is 0 Å². The monoisotopic (exact) mass is 278 g/mol. The lowest BCUT2D eigenvalue weighted by Gasteiger charge is -2.06. The molecule has 3 aromatic rings. The van der Waals surface area contributed by atoms with Crippen molar-refractivity contribution in [3.8, 4) is 0 Å². The lowest BCUT2D eigenvalue weighted by molar-refractivity contribution is 0.687. The zero-order chi connectivity index (χ0) is 14.7. The Morgan fingerprint density at radius 3 is 2.62 bits per heavy atom. The summed E-state index contributed by atoms with van der Waals surface area (Å²) < 4.78 is 0. The van der Waals surface area contributed by atoms with Crippen LogP contribution in [0.15, 0.2) is 48.5 Å². The van der Waals surface area contributed by atoms with E-state index in [2.05, 4.69) is 72.7 Å². The van der Waals surface area contributed by atoms with Crippen LogP contribution in [0.3, 0.4) is 0 Å². The van der Waals surface area contributed by atoms with Crippen LogP contribution in [0, 0.1) is 13.8 Å². The van der Waals surface area contributed by atoms with Crippen LogP contribution in [0.1, 0.15) is 22.4 Å². The molecule has 0 bridgehead atoms. The molecular formula is C19H22N2. The number of fused-ring (bicyclic) bond motifs is 1. The highest BCUT2D eigenvalue weighted by Gasteiger charge is 2.07. The lowest BCUT2D eigenvalue weighted by atomic mass is 10.1. The minimum absolute atomic E-state index is 0.932. The van der Waals surface area contributed by atoms with Gasteiger partial charge in [0, 0.05) is 23.1 Å². The maximum absolute atomic E-state index is 3.53. The molecule has 0 spiro atoms. The molecule has 0 radical (unpaired) electrons. The number of H-pyrrole nitrogens is 1. The van der Waals surface area contributed by atoms with E-state index in [4.69, 9.17) is 0 Å². The first-order valence-electron chi connectivity index (χ1n) is 7.56. The van der Waals surface area contributed by atoms with Gasteiger partial charge in [-0.2, -0.15) is 0 Å². The molecule has 0 fully saturated rings. The zero-order valence-corrected chi connectivity index (χ0v) is 12.7. The molecule has 1 heterocycles. The van der Waals surface area contributed by atoms with Crippen molar-refractivity contribution in [2.24, 2.45) is 0 Å². The van der Waals surface area contributed by atoms with Gasteiger partial charge in [-0.05, 0) is 50.1 Å². The second kappa shape index (κ2) is 6.15. The van der Waals surface area contributed by atoms with Gasteiger partial charge < -0.3 is 10.3 Å². The molecule has 2 aromatic carbocycles.